The summed E-state index contributed by atoms with van der Waals surface area (Å²) < 4.78 is 39.0. The molecule has 0 fully saturated rings. The Labute approximate surface area is 135 Å². The number of benzene rings is 1. The first-order valence-corrected chi connectivity index (χ1v) is 6.95. The number of pyridine rings is 1. The zero-order chi connectivity index (χ0) is 17.0. The Morgan fingerprint density at radius 3 is 2.50 bits per heavy atom. The second-order valence-corrected chi connectivity index (χ2v) is 4.85. The molecule has 3 aromatic rings. The Morgan fingerprint density at radius 1 is 1.04 bits per heavy atom. The summed E-state index contributed by atoms with van der Waals surface area (Å²) >= 11 is 0. The molecule has 0 aliphatic heterocycles. The second kappa shape index (κ2) is 6.53. The van der Waals surface area contributed by atoms with Crippen molar-refractivity contribution in [2.75, 3.05) is 5.43 Å². The minimum absolute atomic E-state index is 0.217. The Hall–Kier alpha value is -3.16. The molecule has 0 aliphatic rings. The van der Waals surface area contributed by atoms with Crippen LogP contribution < -0.4 is 5.43 Å². The molecule has 8 heteroatoms. The van der Waals surface area contributed by atoms with E-state index in [1.165, 1.54) is 12.3 Å². The minimum Gasteiger partial charge on any atom is -0.261 e. The van der Waals surface area contributed by atoms with E-state index < -0.39 is 11.7 Å². The highest BCUT2D eigenvalue weighted by Gasteiger charge is 2.30. The molecule has 0 saturated heterocycles. The van der Waals surface area contributed by atoms with Gasteiger partial charge in [-0.1, -0.05) is 18.2 Å². The van der Waals surface area contributed by atoms with E-state index in [0.29, 0.717) is 0 Å². The standard InChI is InChI=1S/C16H12F3N5/c17-16(18,19)13-6-7-15(20-10-13)23-21-8-12-9-22-24(11-12)14-4-2-1-3-5-14/h1-11H,(H,20,23)/b21-8-. The fourth-order valence-corrected chi connectivity index (χ4v) is 1.93. The van der Waals surface area contributed by atoms with E-state index in [9.17, 15) is 13.2 Å². The molecule has 0 bridgehead atoms. The maximum atomic E-state index is 12.4. The number of halogens is 3. The Bertz CT molecular complexity index is 823. The molecule has 0 unspecified atom stereocenters. The lowest BCUT2D eigenvalue weighted by atomic mass is 10.3. The zero-order valence-electron chi connectivity index (χ0n) is 12.3. The summed E-state index contributed by atoms with van der Waals surface area (Å²) in [4.78, 5) is 3.66. The molecule has 0 radical (unpaired) electrons. The number of para-hydroxylation sites is 1. The lowest BCUT2D eigenvalue weighted by Crippen LogP contribution is -2.05. The van der Waals surface area contributed by atoms with Crippen molar-refractivity contribution in [1.82, 2.24) is 14.8 Å². The topological polar surface area (TPSA) is 55.1 Å². The van der Waals surface area contributed by atoms with Crippen molar-refractivity contribution in [2.45, 2.75) is 6.18 Å². The van der Waals surface area contributed by atoms with Crippen molar-refractivity contribution in [1.29, 1.82) is 0 Å². The van der Waals surface area contributed by atoms with Crippen LogP contribution in [0.2, 0.25) is 0 Å². The lowest BCUT2D eigenvalue weighted by Gasteiger charge is -2.06. The molecule has 1 N–H and O–H groups in total. The minimum atomic E-state index is -4.40. The van der Waals surface area contributed by atoms with Crippen molar-refractivity contribution in [3.05, 3.63) is 72.2 Å². The summed E-state index contributed by atoms with van der Waals surface area (Å²) in [5, 5.41) is 8.15. The molecule has 2 heterocycles. The number of hydrazone groups is 1. The Morgan fingerprint density at radius 2 is 1.83 bits per heavy atom. The van der Waals surface area contributed by atoms with Gasteiger partial charge in [-0.25, -0.2) is 9.67 Å². The molecule has 2 aromatic heterocycles. The molecule has 3 rings (SSSR count). The van der Waals surface area contributed by atoms with Gasteiger partial charge in [0.25, 0.3) is 0 Å². The summed E-state index contributed by atoms with van der Waals surface area (Å²) in [6.45, 7) is 0. The third-order valence-electron chi connectivity index (χ3n) is 3.11. The maximum absolute atomic E-state index is 12.4. The van der Waals surface area contributed by atoms with Crippen LogP contribution in [0.5, 0.6) is 0 Å². The fraction of sp³-hybridized carbons (Fsp3) is 0.0625. The third-order valence-corrected chi connectivity index (χ3v) is 3.11. The zero-order valence-corrected chi connectivity index (χ0v) is 12.3. The fourth-order valence-electron chi connectivity index (χ4n) is 1.93. The number of aromatic nitrogens is 3. The first-order chi connectivity index (χ1) is 11.5. The van der Waals surface area contributed by atoms with Gasteiger partial charge in [-0.2, -0.15) is 23.4 Å². The van der Waals surface area contributed by atoms with E-state index in [0.717, 1.165) is 23.5 Å². The van der Waals surface area contributed by atoms with Crippen molar-refractivity contribution in [3.63, 3.8) is 0 Å². The predicted octanol–water partition coefficient (Wildman–Crippen LogP) is 3.73. The van der Waals surface area contributed by atoms with Crippen molar-refractivity contribution in [2.24, 2.45) is 5.10 Å². The van der Waals surface area contributed by atoms with Crippen molar-refractivity contribution < 1.29 is 13.2 Å². The first kappa shape index (κ1) is 15.7. The van der Waals surface area contributed by atoms with Gasteiger partial charge in [0.2, 0.25) is 0 Å². The van der Waals surface area contributed by atoms with Crippen LogP contribution in [0.4, 0.5) is 19.0 Å². The third kappa shape index (κ3) is 3.78. The van der Waals surface area contributed by atoms with E-state index in [-0.39, 0.29) is 5.82 Å². The molecule has 5 nitrogen and oxygen atoms in total. The monoisotopic (exact) mass is 331 g/mol. The van der Waals surface area contributed by atoms with Gasteiger partial charge in [0.05, 0.1) is 23.7 Å². The van der Waals surface area contributed by atoms with Crippen LogP contribution in [0.25, 0.3) is 5.69 Å². The SMILES string of the molecule is FC(F)(F)c1ccc(N/N=C\c2cnn(-c3ccccc3)c2)nc1. The van der Waals surface area contributed by atoms with Crippen LogP contribution in [-0.4, -0.2) is 21.0 Å². The normalized spacial score (nSPS) is 11.8. The molecule has 122 valence electrons. The highest BCUT2D eigenvalue weighted by molar-refractivity contribution is 5.79. The molecular formula is C16H12F3N5. The van der Waals surface area contributed by atoms with Gasteiger partial charge in [0, 0.05) is 18.0 Å². The van der Waals surface area contributed by atoms with E-state index >= 15 is 0 Å². The molecule has 0 atom stereocenters. The van der Waals surface area contributed by atoms with E-state index in [1.54, 1.807) is 17.1 Å². The molecule has 0 aliphatic carbocycles. The van der Waals surface area contributed by atoms with Crippen LogP contribution >= 0.6 is 0 Å². The Kier molecular flexibility index (Phi) is 4.28. The molecule has 1 aromatic carbocycles. The number of hydrogen-bond donors (Lipinski definition) is 1. The van der Waals surface area contributed by atoms with E-state index in [4.69, 9.17) is 0 Å². The lowest BCUT2D eigenvalue weighted by molar-refractivity contribution is -0.137. The highest BCUT2D eigenvalue weighted by atomic mass is 19.4. The number of alkyl halides is 3. The Balaban J connectivity index is 1.64. The average Bonchev–Trinajstić information content (AvgIpc) is 3.04. The molecule has 0 saturated carbocycles. The number of hydrogen-bond acceptors (Lipinski definition) is 4. The van der Waals surface area contributed by atoms with Crippen LogP contribution in [0, 0.1) is 0 Å². The predicted molar refractivity (Wildman–Crippen MR) is 84.0 cm³/mol. The van der Waals surface area contributed by atoms with Crippen molar-refractivity contribution >= 4 is 12.0 Å². The molecular weight excluding hydrogens is 319 g/mol. The van der Waals surface area contributed by atoms with Crippen molar-refractivity contribution in [3.8, 4) is 5.69 Å². The van der Waals surface area contributed by atoms with Crippen LogP contribution in [0.3, 0.4) is 0 Å². The van der Waals surface area contributed by atoms with Crippen LogP contribution in [-0.2, 0) is 6.18 Å². The number of nitrogens with zero attached hydrogens (tertiary/aromatic N) is 4. The van der Waals surface area contributed by atoms with Gasteiger partial charge < -0.3 is 0 Å². The number of nitrogens with one attached hydrogen (secondary N) is 1. The molecule has 0 spiro atoms. The summed E-state index contributed by atoms with van der Waals surface area (Å²) in [5.41, 5.74) is 3.42. The van der Waals surface area contributed by atoms with Gasteiger partial charge in [0.15, 0.2) is 0 Å². The number of rotatable bonds is 4. The van der Waals surface area contributed by atoms with Crippen LogP contribution in [0.15, 0.2) is 66.2 Å². The number of anilines is 1. The molecule has 24 heavy (non-hydrogen) atoms. The van der Waals surface area contributed by atoms with E-state index in [1.807, 2.05) is 30.3 Å². The van der Waals surface area contributed by atoms with Crippen LogP contribution in [0.1, 0.15) is 11.1 Å². The van der Waals surface area contributed by atoms with Gasteiger partial charge in [-0.05, 0) is 24.3 Å². The second-order valence-electron chi connectivity index (χ2n) is 4.85. The quantitative estimate of drug-likeness (QED) is 0.585. The largest absolute Gasteiger partial charge is 0.417 e. The van der Waals surface area contributed by atoms with E-state index in [2.05, 4.69) is 20.6 Å². The maximum Gasteiger partial charge on any atom is 0.417 e. The van der Waals surface area contributed by atoms with Gasteiger partial charge >= 0.3 is 6.18 Å². The van der Waals surface area contributed by atoms with Gasteiger partial charge in [-0.15, -0.1) is 0 Å². The molecule has 0 amide bonds. The summed E-state index contributed by atoms with van der Waals surface area (Å²) in [6.07, 6.45) is 1.26. The summed E-state index contributed by atoms with van der Waals surface area (Å²) in [5.74, 6) is 0.217. The first-order valence-electron chi connectivity index (χ1n) is 6.95. The summed E-state index contributed by atoms with van der Waals surface area (Å²) in [6, 6.07) is 11.7. The highest BCUT2D eigenvalue weighted by Crippen LogP contribution is 2.28. The summed E-state index contributed by atoms with van der Waals surface area (Å²) in [7, 11) is 0. The average molecular weight is 331 g/mol. The van der Waals surface area contributed by atoms with Gasteiger partial charge in [0.1, 0.15) is 5.82 Å². The van der Waals surface area contributed by atoms with Gasteiger partial charge in [-0.3, -0.25) is 5.43 Å². The smallest absolute Gasteiger partial charge is 0.261 e.